The fourth-order valence-electron chi connectivity index (χ4n) is 1.49. The van der Waals surface area contributed by atoms with Gasteiger partial charge in [0.15, 0.2) is 0 Å². The predicted octanol–water partition coefficient (Wildman–Crippen LogP) is 2.66. The lowest BCUT2D eigenvalue weighted by atomic mass is 10.2. The second-order valence-electron chi connectivity index (χ2n) is 4.15. The lowest BCUT2D eigenvalue weighted by Crippen LogP contribution is -2.03. The van der Waals surface area contributed by atoms with Crippen LogP contribution in [0, 0.1) is 5.92 Å². The smallest absolute Gasteiger partial charge is 0.330 e. The first-order chi connectivity index (χ1) is 8.29. The molecule has 1 aromatic rings. The van der Waals surface area contributed by atoms with Crippen LogP contribution in [0.2, 0.25) is 0 Å². The molecule has 0 bridgehead atoms. The van der Waals surface area contributed by atoms with E-state index >= 15 is 0 Å². The molecule has 1 aliphatic rings. The molecule has 3 nitrogen and oxygen atoms in total. The minimum Gasteiger partial charge on any atom is -0.496 e. The van der Waals surface area contributed by atoms with Crippen LogP contribution in [0.3, 0.4) is 0 Å². The first-order valence-corrected chi connectivity index (χ1v) is 5.77. The molecule has 17 heavy (non-hydrogen) atoms. The molecule has 0 heterocycles. The molecule has 0 unspecified atom stereocenters. The van der Waals surface area contributed by atoms with E-state index in [4.69, 9.17) is 9.47 Å². The van der Waals surface area contributed by atoms with Gasteiger partial charge >= 0.3 is 5.97 Å². The van der Waals surface area contributed by atoms with Crippen molar-refractivity contribution in [2.75, 3.05) is 13.7 Å². The number of ether oxygens (including phenoxy) is 2. The van der Waals surface area contributed by atoms with Gasteiger partial charge in [-0.15, -0.1) is 0 Å². The molecule has 1 saturated carbocycles. The first kappa shape index (κ1) is 11.7. The van der Waals surface area contributed by atoms with Gasteiger partial charge in [-0.1, -0.05) is 18.2 Å². The Balaban J connectivity index is 1.91. The van der Waals surface area contributed by atoms with Crippen molar-refractivity contribution < 1.29 is 14.3 Å². The number of rotatable bonds is 5. The van der Waals surface area contributed by atoms with E-state index in [-0.39, 0.29) is 5.97 Å². The quantitative estimate of drug-likeness (QED) is 0.578. The molecule has 2 rings (SSSR count). The summed E-state index contributed by atoms with van der Waals surface area (Å²) in [6, 6.07) is 7.54. The maximum Gasteiger partial charge on any atom is 0.330 e. The summed E-state index contributed by atoms with van der Waals surface area (Å²) in [7, 11) is 1.61. The fraction of sp³-hybridized carbons (Fsp3) is 0.357. The molecule has 0 atom stereocenters. The molecule has 1 aliphatic carbocycles. The number of hydrogen-bond acceptors (Lipinski definition) is 3. The van der Waals surface area contributed by atoms with Crippen LogP contribution in [0.4, 0.5) is 0 Å². The van der Waals surface area contributed by atoms with Gasteiger partial charge in [-0.3, -0.25) is 0 Å². The third kappa shape index (κ3) is 3.63. The third-order valence-electron chi connectivity index (χ3n) is 2.70. The maximum atomic E-state index is 11.4. The van der Waals surface area contributed by atoms with Crippen LogP contribution < -0.4 is 4.74 Å². The number of esters is 1. The van der Waals surface area contributed by atoms with Crippen molar-refractivity contribution in [3.63, 3.8) is 0 Å². The topological polar surface area (TPSA) is 35.5 Å². The van der Waals surface area contributed by atoms with Crippen molar-refractivity contribution in [3.8, 4) is 5.75 Å². The minimum absolute atomic E-state index is 0.289. The summed E-state index contributed by atoms with van der Waals surface area (Å²) in [5.41, 5.74) is 0.873. The lowest BCUT2D eigenvalue weighted by molar-refractivity contribution is -0.138. The maximum absolute atomic E-state index is 11.4. The Hall–Kier alpha value is -1.77. The predicted molar refractivity (Wildman–Crippen MR) is 65.7 cm³/mol. The molecule has 3 heteroatoms. The van der Waals surface area contributed by atoms with Crippen LogP contribution in [0.5, 0.6) is 5.75 Å². The van der Waals surface area contributed by atoms with Crippen LogP contribution >= 0.6 is 0 Å². The number of methoxy groups -OCH3 is 1. The Kier molecular flexibility index (Phi) is 3.81. The Morgan fingerprint density at radius 2 is 2.18 bits per heavy atom. The van der Waals surface area contributed by atoms with Crippen molar-refractivity contribution in [3.05, 3.63) is 35.9 Å². The van der Waals surface area contributed by atoms with E-state index in [9.17, 15) is 4.79 Å². The summed E-state index contributed by atoms with van der Waals surface area (Å²) in [6.07, 6.45) is 5.53. The summed E-state index contributed by atoms with van der Waals surface area (Å²) < 4.78 is 10.3. The fourth-order valence-corrected chi connectivity index (χ4v) is 1.49. The van der Waals surface area contributed by atoms with E-state index in [1.54, 1.807) is 13.2 Å². The normalized spacial score (nSPS) is 14.9. The Bertz CT molecular complexity index is 419. The number of carbonyl (C=O) groups is 1. The molecule has 1 aromatic carbocycles. The number of benzene rings is 1. The second kappa shape index (κ2) is 5.53. The Morgan fingerprint density at radius 1 is 1.41 bits per heavy atom. The molecular weight excluding hydrogens is 216 g/mol. The van der Waals surface area contributed by atoms with E-state index < -0.39 is 0 Å². The van der Waals surface area contributed by atoms with Crippen LogP contribution in [0.1, 0.15) is 18.4 Å². The van der Waals surface area contributed by atoms with Crippen LogP contribution in [-0.4, -0.2) is 19.7 Å². The highest BCUT2D eigenvalue weighted by Crippen LogP contribution is 2.28. The standard InChI is InChI=1S/C14H16O3/c1-16-13-5-3-2-4-12(13)8-9-14(15)17-10-11-6-7-11/h2-5,8-9,11H,6-7,10H2,1H3/b9-8+. The van der Waals surface area contributed by atoms with Crippen molar-refractivity contribution >= 4 is 12.0 Å². The zero-order valence-corrected chi connectivity index (χ0v) is 9.89. The zero-order chi connectivity index (χ0) is 12.1. The molecule has 0 saturated heterocycles. The highest BCUT2D eigenvalue weighted by Gasteiger charge is 2.22. The summed E-state index contributed by atoms with van der Waals surface area (Å²) in [4.78, 5) is 11.4. The molecular formula is C14H16O3. The largest absolute Gasteiger partial charge is 0.496 e. The average molecular weight is 232 g/mol. The van der Waals surface area contributed by atoms with Gasteiger partial charge in [0.2, 0.25) is 0 Å². The third-order valence-corrected chi connectivity index (χ3v) is 2.70. The molecule has 0 amide bonds. The average Bonchev–Trinajstić information content (AvgIpc) is 3.18. The van der Waals surface area contributed by atoms with Crippen molar-refractivity contribution in [1.82, 2.24) is 0 Å². The van der Waals surface area contributed by atoms with Crippen molar-refractivity contribution in [1.29, 1.82) is 0 Å². The van der Waals surface area contributed by atoms with Gasteiger partial charge in [0.05, 0.1) is 13.7 Å². The van der Waals surface area contributed by atoms with E-state index in [2.05, 4.69) is 0 Å². The van der Waals surface area contributed by atoms with Gasteiger partial charge in [0, 0.05) is 11.6 Å². The molecule has 0 spiro atoms. The number of carbonyl (C=O) groups excluding carboxylic acids is 1. The molecule has 0 N–H and O–H groups in total. The van der Waals surface area contributed by atoms with E-state index in [0.717, 1.165) is 11.3 Å². The first-order valence-electron chi connectivity index (χ1n) is 5.77. The van der Waals surface area contributed by atoms with Crippen molar-refractivity contribution in [2.24, 2.45) is 5.92 Å². The van der Waals surface area contributed by atoms with Crippen LogP contribution in [0.15, 0.2) is 30.3 Å². The van der Waals surface area contributed by atoms with Crippen LogP contribution in [0.25, 0.3) is 6.08 Å². The molecule has 0 aromatic heterocycles. The molecule has 0 aliphatic heterocycles. The molecule has 90 valence electrons. The van der Waals surface area contributed by atoms with Gasteiger partial charge in [-0.05, 0) is 30.9 Å². The SMILES string of the molecule is COc1ccccc1/C=C/C(=O)OCC1CC1. The summed E-state index contributed by atoms with van der Waals surface area (Å²) in [6.45, 7) is 0.551. The number of hydrogen-bond donors (Lipinski definition) is 0. The summed E-state index contributed by atoms with van der Waals surface area (Å²) in [5, 5.41) is 0. The highest BCUT2D eigenvalue weighted by molar-refractivity contribution is 5.87. The van der Waals surface area contributed by atoms with Gasteiger partial charge in [0.1, 0.15) is 5.75 Å². The summed E-state index contributed by atoms with van der Waals surface area (Å²) in [5.74, 6) is 1.06. The Morgan fingerprint density at radius 3 is 2.88 bits per heavy atom. The van der Waals surface area contributed by atoms with Crippen LogP contribution in [-0.2, 0) is 9.53 Å². The molecule has 1 fully saturated rings. The second-order valence-corrected chi connectivity index (χ2v) is 4.15. The lowest BCUT2D eigenvalue weighted by Gasteiger charge is -2.03. The van der Waals surface area contributed by atoms with Crippen molar-refractivity contribution in [2.45, 2.75) is 12.8 Å². The van der Waals surface area contributed by atoms with E-state index in [1.807, 2.05) is 24.3 Å². The Labute approximate surface area is 101 Å². The number of para-hydroxylation sites is 1. The van der Waals surface area contributed by atoms with Gasteiger partial charge in [-0.2, -0.15) is 0 Å². The summed E-state index contributed by atoms with van der Waals surface area (Å²) >= 11 is 0. The van der Waals surface area contributed by atoms with E-state index in [1.165, 1.54) is 18.9 Å². The molecule has 0 radical (unpaired) electrons. The van der Waals surface area contributed by atoms with E-state index in [0.29, 0.717) is 12.5 Å². The van der Waals surface area contributed by atoms with Gasteiger partial charge < -0.3 is 9.47 Å². The van der Waals surface area contributed by atoms with Gasteiger partial charge in [-0.25, -0.2) is 4.79 Å². The van der Waals surface area contributed by atoms with Gasteiger partial charge in [0.25, 0.3) is 0 Å². The zero-order valence-electron chi connectivity index (χ0n) is 9.89. The highest BCUT2D eigenvalue weighted by atomic mass is 16.5. The minimum atomic E-state index is -0.289. The monoisotopic (exact) mass is 232 g/mol.